The molecule has 4 nitrogen and oxygen atoms in total. The van der Waals surface area contributed by atoms with Crippen molar-refractivity contribution in [1.82, 2.24) is 9.66 Å². The van der Waals surface area contributed by atoms with Crippen LogP contribution in [0.25, 0.3) is 22.3 Å². The van der Waals surface area contributed by atoms with Crippen molar-refractivity contribution in [2.24, 2.45) is 5.10 Å². The van der Waals surface area contributed by atoms with Gasteiger partial charge in [0, 0.05) is 16.1 Å². The molecule has 0 radical (unpaired) electrons. The minimum atomic E-state index is -0.249. The minimum Gasteiger partial charge on any atom is -0.267 e. The Labute approximate surface area is 165 Å². The van der Waals surface area contributed by atoms with E-state index in [4.69, 9.17) is 23.2 Å². The van der Waals surface area contributed by atoms with Gasteiger partial charge in [-0.3, -0.25) is 4.79 Å². The van der Waals surface area contributed by atoms with Gasteiger partial charge < -0.3 is 0 Å². The van der Waals surface area contributed by atoms with E-state index in [1.807, 2.05) is 42.5 Å². The third-order valence-corrected chi connectivity index (χ3v) is 4.62. The highest BCUT2D eigenvalue weighted by Crippen LogP contribution is 2.21. The predicted molar refractivity (Wildman–Crippen MR) is 111 cm³/mol. The van der Waals surface area contributed by atoms with E-state index in [-0.39, 0.29) is 5.56 Å². The molecule has 0 aliphatic rings. The van der Waals surface area contributed by atoms with Crippen LogP contribution in [-0.2, 0) is 0 Å². The standard InChI is InChI=1S/C21H13Cl2N3O/c22-16-11-10-15(18(23)12-16)13-24-26-20(14-6-2-1-3-7-14)25-19-9-5-4-8-17(19)21(26)27/h1-13H. The molecular weight excluding hydrogens is 381 g/mol. The Kier molecular flexibility index (Phi) is 4.75. The Morgan fingerprint density at radius 3 is 2.44 bits per heavy atom. The fraction of sp³-hybridized carbons (Fsp3) is 0. The number of nitrogens with zero attached hydrogens (tertiary/aromatic N) is 3. The lowest BCUT2D eigenvalue weighted by atomic mass is 10.2. The average Bonchev–Trinajstić information content (AvgIpc) is 2.69. The van der Waals surface area contributed by atoms with Crippen LogP contribution in [0.4, 0.5) is 0 Å². The van der Waals surface area contributed by atoms with Crippen LogP contribution in [0.1, 0.15) is 5.56 Å². The SMILES string of the molecule is O=c1c2ccccc2nc(-c2ccccc2)n1N=Cc1ccc(Cl)cc1Cl. The molecule has 0 saturated heterocycles. The van der Waals surface area contributed by atoms with Crippen LogP contribution in [0, 0.1) is 0 Å². The predicted octanol–water partition coefficient (Wildman–Crippen LogP) is 5.25. The number of rotatable bonds is 3. The topological polar surface area (TPSA) is 47.2 Å². The summed E-state index contributed by atoms with van der Waals surface area (Å²) < 4.78 is 1.29. The van der Waals surface area contributed by atoms with Gasteiger partial charge in [0.1, 0.15) is 0 Å². The normalized spacial score (nSPS) is 11.3. The van der Waals surface area contributed by atoms with Gasteiger partial charge in [0.05, 0.1) is 22.1 Å². The van der Waals surface area contributed by atoms with Crippen molar-refractivity contribution in [2.45, 2.75) is 0 Å². The number of para-hydroxylation sites is 1. The highest BCUT2D eigenvalue weighted by atomic mass is 35.5. The summed E-state index contributed by atoms with van der Waals surface area (Å²) in [6.07, 6.45) is 1.53. The van der Waals surface area contributed by atoms with E-state index in [2.05, 4.69) is 10.1 Å². The maximum absolute atomic E-state index is 13.0. The van der Waals surface area contributed by atoms with Crippen molar-refractivity contribution in [1.29, 1.82) is 0 Å². The number of benzene rings is 3. The minimum absolute atomic E-state index is 0.249. The first kappa shape index (κ1) is 17.5. The number of aromatic nitrogens is 2. The summed E-state index contributed by atoms with van der Waals surface area (Å²) in [6.45, 7) is 0. The highest BCUT2D eigenvalue weighted by molar-refractivity contribution is 6.36. The molecule has 3 aromatic carbocycles. The number of fused-ring (bicyclic) bond motifs is 1. The van der Waals surface area contributed by atoms with Gasteiger partial charge in [-0.1, -0.05) is 71.7 Å². The lowest BCUT2D eigenvalue weighted by molar-refractivity contribution is 0.830. The number of halogens is 2. The zero-order chi connectivity index (χ0) is 18.8. The van der Waals surface area contributed by atoms with Gasteiger partial charge in [0.25, 0.3) is 5.56 Å². The molecular formula is C21H13Cl2N3O. The molecule has 0 unspecified atom stereocenters. The van der Waals surface area contributed by atoms with Gasteiger partial charge in [-0.05, 0) is 24.3 Å². The molecule has 0 amide bonds. The van der Waals surface area contributed by atoms with Crippen molar-refractivity contribution in [2.75, 3.05) is 0 Å². The van der Waals surface area contributed by atoms with Crippen molar-refractivity contribution in [3.63, 3.8) is 0 Å². The van der Waals surface area contributed by atoms with Crippen LogP contribution < -0.4 is 5.56 Å². The molecule has 0 N–H and O–H groups in total. The van der Waals surface area contributed by atoms with Crippen LogP contribution in [0.3, 0.4) is 0 Å². The molecule has 0 fully saturated rings. The summed E-state index contributed by atoms with van der Waals surface area (Å²) in [5, 5.41) is 5.87. The summed E-state index contributed by atoms with van der Waals surface area (Å²) in [4.78, 5) is 17.7. The fourth-order valence-electron chi connectivity index (χ4n) is 2.73. The summed E-state index contributed by atoms with van der Waals surface area (Å²) >= 11 is 12.1. The van der Waals surface area contributed by atoms with Crippen LogP contribution in [0.2, 0.25) is 10.0 Å². The number of hydrogen-bond acceptors (Lipinski definition) is 3. The van der Waals surface area contributed by atoms with Crippen LogP contribution in [0.15, 0.2) is 82.7 Å². The van der Waals surface area contributed by atoms with E-state index < -0.39 is 0 Å². The molecule has 1 heterocycles. The first-order chi connectivity index (χ1) is 13.1. The maximum Gasteiger partial charge on any atom is 0.282 e. The van der Waals surface area contributed by atoms with Crippen LogP contribution in [-0.4, -0.2) is 15.9 Å². The first-order valence-corrected chi connectivity index (χ1v) is 8.96. The largest absolute Gasteiger partial charge is 0.282 e. The lowest BCUT2D eigenvalue weighted by Gasteiger charge is -2.09. The number of hydrogen-bond donors (Lipinski definition) is 0. The molecule has 0 spiro atoms. The third-order valence-electron chi connectivity index (χ3n) is 4.06. The van der Waals surface area contributed by atoms with E-state index in [1.54, 1.807) is 30.3 Å². The molecule has 27 heavy (non-hydrogen) atoms. The molecule has 132 valence electrons. The highest BCUT2D eigenvalue weighted by Gasteiger charge is 2.12. The molecule has 6 heteroatoms. The molecule has 0 aliphatic heterocycles. The second-order valence-electron chi connectivity index (χ2n) is 5.85. The van der Waals surface area contributed by atoms with Crippen LogP contribution >= 0.6 is 23.2 Å². The van der Waals surface area contributed by atoms with Gasteiger partial charge in [-0.15, -0.1) is 0 Å². The summed E-state index contributed by atoms with van der Waals surface area (Å²) in [7, 11) is 0. The summed E-state index contributed by atoms with van der Waals surface area (Å²) in [5.41, 5.74) is 1.82. The molecule has 0 bridgehead atoms. The lowest BCUT2D eigenvalue weighted by Crippen LogP contribution is -2.20. The zero-order valence-corrected chi connectivity index (χ0v) is 15.5. The first-order valence-electron chi connectivity index (χ1n) is 8.20. The Morgan fingerprint density at radius 1 is 0.926 bits per heavy atom. The monoisotopic (exact) mass is 393 g/mol. The smallest absolute Gasteiger partial charge is 0.267 e. The zero-order valence-electron chi connectivity index (χ0n) is 14.0. The van der Waals surface area contributed by atoms with E-state index in [1.165, 1.54) is 10.9 Å². The van der Waals surface area contributed by atoms with E-state index in [0.717, 1.165) is 5.56 Å². The van der Waals surface area contributed by atoms with Gasteiger partial charge in [0.2, 0.25) is 0 Å². The third kappa shape index (κ3) is 3.50. The van der Waals surface area contributed by atoms with Crippen molar-refractivity contribution >= 4 is 40.3 Å². The molecule has 0 aliphatic carbocycles. The Balaban J connectivity index is 1.94. The van der Waals surface area contributed by atoms with Gasteiger partial charge >= 0.3 is 0 Å². The van der Waals surface area contributed by atoms with Crippen molar-refractivity contribution in [3.8, 4) is 11.4 Å². The molecule has 0 saturated carbocycles. The Bertz CT molecular complexity index is 1220. The Morgan fingerprint density at radius 2 is 1.67 bits per heavy atom. The Hall–Kier alpha value is -2.95. The average molecular weight is 394 g/mol. The quantitative estimate of drug-likeness (QED) is 0.446. The maximum atomic E-state index is 13.0. The van der Waals surface area contributed by atoms with Crippen LogP contribution in [0.5, 0.6) is 0 Å². The van der Waals surface area contributed by atoms with Gasteiger partial charge in [0.15, 0.2) is 5.82 Å². The van der Waals surface area contributed by atoms with Gasteiger partial charge in [-0.2, -0.15) is 9.78 Å². The van der Waals surface area contributed by atoms with E-state index in [9.17, 15) is 4.79 Å². The molecule has 0 atom stereocenters. The fourth-order valence-corrected chi connectivity index (χ4v) is 3.19. The molecule has 4 aromatic rings. The van der Waals surface area contributed by atoms with Crippen molar-refractivity contribution < 1.29 is 0 Å². The van der Waals surface area contributed by atoms with Crippen molar-refractivity contribution in [3.05, 3.63) is 98.8 Å². The second-order valence-corrected chi connectivity index (χ2v) is 6.69. The van der Waals surface area contributed by atoms with E-state index >= 15 is 0 Å². The summed E-state index contributed by atoms with van der Waals surface area (Å²) in [6, 6.07) is 21.8. The van der Waals surface area contributed by atoms with E-state index in [0.29, 0.717) is 32.3 Å². The second kappa shape index (κ2) is 7.35. The molecule has 4 rings (SSSR count). The molecule has 1 aromatic heterocycles. The van der Waals surface area contributed by atoms with Gasteiger partial charge in [-0.25, -0.2) is 4.98 Å². The summed E-state index contributed by atoms with van der Waals surface area (Å²) in [5.74, 6) is 0.459.